The van der Waals surface area contributed by atoms with E-state index in [0.29, 0.717) is 32.2 Å². The van der Waals surface area contributed by atoms with Crippen LogP contribution in [0.25, 0.3) is 11.1 Å². The molecule has 3 N–H and O–H groups in total. The van der Waals surface area contributed by atoms with E-state index in [9.17, 15) is 19.5 Å². The molecule has 0 aromatic heterocycles. The van der Waals surface area contributed by atoms with Crippen LogP contribution in [-0.2, 0) is 14.3 Å². The van der Waals surface area contributed by atoms with Gasteiger partial charge in [-0.2, -0.15) is 0 Å². The number of aliphatic carboxylic acids is 1. The zero-order chi connectivity index (χ0) is 24.7. The van der Waals surface area contributed by atoms with Gasteiger partial charge in [0.2, 0.25) is 5.91 Å². The molecular formula is C28H34N2O5. The standard InChI is InChI=1S/C28H34N2O5/c31-25(30-28(26(32)33)16-8-2-9-17-28)15-3-1-10-18-29-27(34)35-19-24-22-13-6-4-11-20(22)21-12-5-7-14-23(21)24/h4-7,11-14,24H,1-3,8-10,15-19H2,(H,29,34)(H,30,31)(H,32,33). The number of carboxylic acid groups (broad SMARTS) is 1. The molecule has 7 heteroatoms. The Balaban J connectivity index is 1.13. The molecule has 0 unspecified atom stereocenters. The highest BCUT2D eigenvalue weighted by molar-refractivity contribution is 5.87. The van der Waals surface area contributed by atoms with Gasteiger partial charge in [-0.15, -0.1) is 0 Å². The number of hydrogen-bond acceptors (Lipinski definition) is 4. The summed E-state index contributed by atoms with van der Waals surface area (Å²) in [5.41, 5.74) is 3.65. The second-order valence-corrected chi connectivity index (χ2v) is 9.56. The predicted molar refractivity (Wildman–Crippen MR) is 133 cm³/mol. The molecule has 0 spiro atoms. The van der Waals surface area contributed by atoms with Gasteiger partial charge in [0, 0.05) is 18.9 Å². The molecule has 2 aromatic rings. The average Bonchev–Trinajstić information content (AvgIpc) is 3.19. The number of carboxylic acids is 1. The van der Waals surface area contributed by atoms with Crippen molar-refractivity contribution in [2.45, 2.75) is 69.2 Å². The van der Waals surface area contributed by atoms with Crippen molar-refractivity contribution in [3.8, 4) is 11.1 Å². The number of alkyl carbamates (subject to hydrolysis) is 1. The summed E-state index contributed by atoms with van der Waals surface area (Å²) in [6.45, 7) is 0.753. The first kappa shape index (κ1) is 24.8. The normalized spacial score (nSPS) is 16.1. The van der Waals surface area contributed by atoms with Crippen molar-refractivity contribution in [2.24, 2.45) is 0 Å². The van der Waals surface area contributed by atoms with Crippen molar-refractivity contribution < 1.29 is 24.2 Å². The quantitative estimate of drug-likeness (QED) is 0.417. The maximum atomic E-state index is 12.3. The van der Waals surface area contributed by atoms with Gasteiger partial charge in [0.15, 0.2) is 0 Å². The SMILES string of the molecule is O=C(CCCCCNC(=O)OCC1c2ccccc2-c2ccccc21)NC1(C(=O)O)CCCCC1. The molecule has 0 radical (unpaired) electrons. The largest absolute Gasteiger partial charge is 0.480 e. The van der Waals surface area contributed by atoms with Crippen LogP contribution >= 0.6 is 0 Å². The zero-order valence-corrected chi connectivity index (χ0v) is 20.1. The van der Waals surface area contributed by atoms with E-state index in [-0.39, 0.29) is 18.4 Å². The van der Waals surface area contributed by atoms with E-state index in [1.807, 2.05) is 24.3 Å². The minimum absolute atomic E-state index is 0.0323. The topological polar surface area (TPSA) is 105 Å². The highest BCUT2D eigenvalue weighted by atomic mass is 16.5. The molecule has 2 amide bonds. The minimum atomic E-state index is -1.10. The molecule has 2 aliphatic rings. The van der Waals surface area contributed by atoms with Gasteiger partial charge >= 0.3 is 12.1 Å². The molecule has 4 rings (SSSR count). The van der Waals surface area contributed by atoms with Gasteiger partial charge in [0.25, 0.3) is 0 Å². The summed E-state index contributed by atoms with van der Waals surface area (Å²) in [6.07, 6.45) is 5.65. The molecule has 0 bridgehead atoms. The van der Waals surface area contributed by atoms with E-state index in [0.717, 1.165) is 32.1 Å². The number of amides is 2. The van der Waals surface area contributed by atoms with E-state index in [4.69, 9.17) is 4.74 Å². The Kier molecular flexibility index (Phi) is 8.06. The van der Waals surface area contributed by atoms with Crippen LogP contribution in [0.3, 0.4) is 0 Å². The van der Waals surface area contributed by atoms with Crippen molar-refractivity contribution in [2.75, 3.05) is 13.2 Å². The summed E-state index contributed by atoms with van der Waals surface area (Å²) in [5, 5.41) is 15.1. The third kappa shape index (κ3) is 5.84. The Morgan fingerprint density at radius 2 is 1.51 bits per heavy atom. The van der Waals surface area contributed by atoms with E-state index in [1.165, 1.54) is 22.3 Å². The fourth-order valence-electron chi connectivity index (χ4n) is 5.30. The third-order valence-electron chi connectivity index (χ3n) is 7.19. The van der Waals surface area contributed by atoms with Crippen molar-refractivity contribution in [1.29, 1.82) is 0 Å². The number of ether oxygens (including phenoxy) is 1. The number of benzene rings is 2. The molecular weight excluding hydrogens is 444 g/mol. The van der Waals surface area contributed by atoms with Gasteiger partial charge in [-0.1, -0.05) is 74.2 Å². The molecule has 2 aromatic carbocycles. The highest BCUT2D eigenvalue weighted by Gasteiger charge is 2.40. The molecule has 0 saturated heterocycles. The third-order valence-corrected chi connectivity index (χ3v) is 7.19. The second kappa shape index (κ2) is 11.4. The van der Waals surface area contributed by atoms with Crippen LogP contribution in [0.1, 0.15) is 74.8 Å². The van der Waals surface area contributed by atoms with Crippen LogP contribution in [0.15, 0.2) is 48.5 Å². The predicted octanol–water partition coefficient (Wildman–Crippen LogP) is 4.99. The van der Waals surface area contributed by atoms with Gasteiger partial charge in [0.05, 0.1) is 0 Å². The first-order chi connectivity index (χ1) is 17.0. The van der Waals surface area contributed by atoms with E-state index in [2.05, 4.69) is 34.9 Å². The molecule has 0 aliphatic heterocycles. The highest BCUT2D eigenvalue weighted by Crippen LogP contribution is 2.44. The van der Waals surface area contributed by atoms with Gasteiger partial charge in [0.1, 0.15) is 12.1 Å². The van der Waals surface area contributed by atoms with Crippen molar-refractivity contribution in [3.63, 3.8) is 0 Å². The van der Waals surface area contributed by atoms with Crippen LogP contribution in [0.4, 0.5) is 4.79 Å². The number of carbonyl (C=O) groups excluding carboxylic acids is 2. The lowest BCUT2D eigenvalue weighted by Gasteiger charge is -2.34. The maximum Gasteiger partial charge on any atom is 0.407 e. The molecule has 0 heterocycles. The Hall–Kier alpha value is -3.35. The fourth-order valence-corrected chi connectivity index (χ4v) is 5.30. The zero-order valence-electron chi connectivity index (χ0n) is 20.1. The molecule has 1 saturated carbocycles. The number of rotatable bonds is 10. The molecule has 7 nitrogen and oxygen atoms in total. The first-order valence-corrected chi connectivity index (χ1v) is 12.6. The fraction of sp³-hybridized carbons (Fsp3) is 0.464. The van der Waals surface area contributed by atoms with Crippen LogP contribution in [-0.4, -0.2) is 41.8 Å². The summed E-state index contributed by atoms with van der Waals surface area (Å²) < 4.78 is 5.53. The van der Waals surface area contributed by atoms with Crippen LogP contribution in [0.2, 0.25) is 0 Å². The van der Waals surface area contributed by atoms with E-state index < -0.39 is 17.6 Å². The van der Waals surface area contributed by atoms with Crippen LogP contribution in [0.5, 0.6) is 0 Å². The molecule has 2 aliphatic carbocycles. The Bertz CT molecular complexity index is 1020. The van der Waals surface area contributed by atoms with Crippen molar-refractivity contribution in [1.82, 2.24) is 10.6 Å². The number of nitrogens with one attached hydrogen (secondary N) is 2. The number of hydrogen-bond donors (Lipinski definition) is 3. The Morgan fingerprint density at radius 1 is 0.886 bits per heavy atom. The molecule has 186 valence electrons. The number of unbranched alkanes of at least 4 members (excludes halogenated alkanes) is 2. The van der Waals surface area contributed by atoms with Gasteiger partial charge in [-0.25, -0.2) is 9.59 Å². The molecule has 0 atom stereocenters. The lowest BCUT2D eigenvalue weighted by atomic mass is 9.81. The van der Waals surface area contributed by atoms with Crippen molar-refractivity contribution in [3.05, 3.63) is 59.7 Å². The van der Waals surface area contributed by atoms with E-state index in [1.54, 1.807) is 0 Å². The monoisotopic (exact) mass is 478 g/mol. The smallest absolute Gasteiger partial charge is 0.407 e. The number of carbonyl (C=O) groups is 3. The number of fused-ring (bicyclic) bond motifs is 3. The van der Waals surface area contributed by atoms with E-state index >= 15 is 0 Å². The lowest BCUT2D eigenvalue weighted by Crippen LogP contribution is -2.55. The Labute approximate surface area is 206 Å². The lowest BCUT2D eigenvalue weighted by molar-refractivity contribution is -0.149. The first-order valence-electron chi connectivity index (χ1n) is 12.6. The average molecular weight is 479 g/mol. The van der Waals surface area contributed by atoms with Crippen molar-refractivity contribution >= 4 is 18.0 Å². The maximum absolute atomic E-state index is 12.3. The molecule has 35 heavy (non-hydrogen) atoms. The Morgan fingerprint density at radius 3 is 2.14 bits per heavy atom. The summed E-state index contributed by atoms with van der Waals surface area (Å²) in [6, 6.07) is 16.4. The summed E-state index contributed by atoms with van der Waals surface area (Å²) in [5.74, 6) is -1.11. The summed E-state index contributed by atoms with van der Waals surface area (Å²) in [7, 11) is 0. The summed E-state index contributed by atoms with van der Waals surface area (Å²) >= 11 is 0. The van der Waals surface area contributed by atoms with Gasteiger partial charge < -0.3 is 20.5 Å². The minimum Gasteiger partial charge on any atom is -0.480 e. The second-order valence-electron chi connectivity index (χ2n) is 9.56. The van der Waals surface area contributed by atoms with Crippen LogP contribution in [0, 0.1) is 0 Å². The summed E-state index contributed by atoms with van der Waals surface area (Å²) in [4.78, 5) is 36.2. The van der Waals surface area contributed by atoms with Gasteiger partial charge in [-0.3, -0.25) is 4.79 Å². The van der Waals surface area contributed by atoms with Gasteiger partial charge in [-0.05, 0) is 47.9 Å². The molecule has 1 fully saturated rings. The van der Waals surface area contributed by atoms with Crippen LogP contribution < -0.4 is 10.6 Å².